The Hall–Kier alpha value is -2.45. The second-order valence-electron chi connectivity index (χ2n) is 4.82. The molecule has 0 radical (unpaired) electrons. The van der Waals surface area contributed by atoms with E-state index in [-0.39, 0.29) is 0 Å². The summed E-state index contributed by atoms with van der Waals surface area (Å²) in [6.07, 6.45) is 2.44. The number of nitriles is 1. The van der Waals surface area contributed by atoms with Crippen LogP contribution in [0.4, 0.5) is 5.69 Å². The number of anilines is 1. The molecule has 0 bridgehead atoms. The van der Waals surface area contributed by atoms with Crippen LogP contribution in [0.15, 0.2) is 30.5 Å². The molecule has 112 valence electrons. The van der Waals surface area contributed by atoms with Gasteiger partial charge in [0, 0.05) is 6.54 Å². The van der Waals surface area contributed by atoms with Crippen molar-refractivity contribution in [3.8, 4) is 17.6 Å². The Labute approximate surface area is 133 Å². The Morgan fingerprint density at radius 3 is 2.91 bits per heavy atom. The third-order valence-corrected chi connectivity index (χ3v) is 3.56. The second kappa shape index (κ2) is 6.54. The van der Waals surface area contributed by atoms with Crippen molar-refractivity contribution in [3.05, 3.63) is 46.7 Å². The van der Waals surface area contributed by atoms with Crippen LogP contribution in [0.25, 0.3) is 0 Å². The van der Waals surface area contributed by atoms with E-state index in [1.54, 1.807) is 12.3 Å². The Bertz CT molecular complexity index is 711. The third kappa shape index (κ3) is 3.23. The van der Waals surface area contributed by atoms with Crippen LogP contribution in [0.3, 0.4) is 0 Å². The van der Waals surface area contributed by atoms with Crippen LogP contribution in [0.2, 0.25) is 5.02 Å². The quantitative estimate of drug-likeness (QED) is 0.939. The van der Waals surface area contributed by atoms with Gasteiger partial charge in [-0.25, -0.2) is 4.98 Å². The first-order valence-electron chi connectivity index (χ1n) is 6.94. The number of halogens is 1. The number of hydrogen-bond acceptors (Lipinski definition) is 5. The molecule has 0 aliphatic carbocycles. The molecule has 0 saturated carbocycles. The number of fused-ring (bicyclic) bond motifs is 1. The van der Waals surface area contributed by atoms with Gasteiger partial charge in [0.15, 0.2) is 11.5 Å². The highest BCUT2D eigenvalue weighted by Gasteiger charge is 2.16. The second-order valence-corrected chi connectivity index (χ2v) is 5.23. The van der Waals surface area contributed by atoms with Crippen LogP contribution in [0, 0.1) is 11.3 Å². The molecule has 2 aromatic rings. The van der Waals surface area contributed by atoms with Crippen molar-refractivity contribution >= 4 is 17.3 Å². The SMILES string of the molecule is N#Cc1ccc(NCCc2cc(Cl)c3c(c2)OCCO3)cn1. The Balaban J connectivity index is 1.61. The first-order chi connectivity index (χ1) is 10.8. The summed E-state index contributed by atoms with van der Waals surface area (Å²) in [4.78, 5) is 4.01. The lowest BCUT2D eigenvalue weighted by molar-refractivity contribution is 0.171. The minimum absolute atomic E-state index is 0.407. The molecule has 0 saturated heterocycles. The molecule has 2 heterocycles. The fraction of sp³-hybridized carbons (Fsp3) is 0.250. The van der Waals surface area contributed by atoms with Crippen LogP contribution >= 0.6 is 11.6 Å². The molecule has 0 fully saturated rings. The first kappa shape index (κ1) is 14.5. The maximum atomic E-state index is 8.71. The summed E-state index contributed by atoms with van der Waals surface area (Å²) in [7, 11) is 0. The monoisotopic (exact) mass is 315 g/mol. The molecule has 1 N–H and O–H groups in total. The van der Waals surface area contributed by atoms with Crippen molar-refractivity contribution in [2.45, 2.75) is 6.42 Å². The summed E-state index contributed by atoms with van der Waals surface area (Å²) in [6, 6.07) is 9.37. The normalized spacial score (nSPS) is 12.5. The maximum absolute atomic E-state index is 8.71. The lowest BCUT2D eigenvalue weighted by Gasteiger charge is -2.20. The number of ether oxygens (including phenoxy) is 2. The molecule has 22 heavy (non-hydrogen) atoms. The molecule has 0 atom stereocenters. The van der Waals surface area contributed by atoms with E-state index in [9.17, 15) is 0 Å². The number of hydrogen-bond donors (Lipinski definition) is 1. The van der Waals surface area contributed by atoms with Crippen molar-refractivity contribution in [1.29, 1.82) is 5.26 Å². The molecular formula is C16H14ClN3O2. The highest BCUT2D eigenvalue weighted by atomic mass is 35.5. The van der Waals surface area contributed by atoms with Crippen molar-refractivity contribution in [2.24, 2.45) is 0 Å². The highest BCUT2D eigenvalue weighted by molar-refractivity contribution is 6.32. The molecule has 5 nitrogen and oxygen atoms in total. The highest BCUT2D eigenvalue weighted by Crippen LogP contribution is 2.38. The minimum Gasteiger partial charge on any atom is -0.486 e. The Morgan fingerprint density at radius 1 is 1.27 bits per heavy atom. The van der Waals surface area contributed by atoms with Gasteiger partial charge in [-0.15, -0.1) is 0 Å². The largest absolute Gasteiger partial charge is 0.486 e. The molecule has 6 heteroatoms. The summed E-state index contributed by atoms with van der Waals surface area (Å²) >= 11 is 6.21. The Kier molecular flexibility index (Phi) is 4.31. The van der Waals surface area contributed by atoms with Crippen molar-refractivity contribution in [2.75, 3.05) is 25.1 Å². The van der Waals surface area contributed by atoms with Crippen LogP contribution < -0.4 is 14.8 Å². The zero-order valence-electron chi connectivity index (χ0n) is 11.8. The van der Waals surface area contributed by atoms with Crippen LogP contribution in [0.1, 0.15) is 11.3 Å². The molecule has 3 rings (SSSR count). The summed E-state index contributed by atoms with van der Waals surface area (Å²) in [5.41, 5.74) is 2.36. The predicted octanol–water partition coefficient (Wildman–Crippen LogP) is 3.03. The number of benzene rings is 1. The van der Waals surface area contributed by atoms with Gasteiger partial charge in [0.1, 0.15) is 25.0 Å². The van der Waals surface area contributed by atoms with Crippen molar-refractivity contribution in [3.63, 3.8) is 0 Å². The molecule has 1 aliphatic rings. The maximum Gasteiger partial charge on any atom is 0.179 e. The van der Waals surface area contributed by atoms with Gasteiger partial charge in [-0.1, -0.05) is 11.6 Å². The van der Waals surface area contributed by atoms with Crippen LogP contribution in [0.5, 0.6) is 11.5 Å². The fourth-order valence-corrected chi connectivity index (χ4v) is 2.51. The van der Waals surface area contributed by atoms with Gasteiger partial charge in [-0.05, 0) is 36.2 Å². The molecule has 1 aromatic carbocycles. The van der Waals surface area contributed by atoms with Gasteiger partial charge in [0.05, 0.1) is 16.9 Å². The van der Waals surface area contributed by atoms with Gasteiger partial charge in [-0.3, -0.25) is 0 Å². The van der Waals surface area contributed by atoms with E-state index in [2.05, 4.69) is 10.3 Å². The molecular weight excluding hydrogens is 302 g/mol. The third-order valence-electron chi connectivity index (χ3n) is 3.28. The van der Waals surface area contributed by atoms with E-state index < -0.39 is 0 Å². The zero-order valence-corrected chi connectivity index (χ0v) is 12.6. The van der Waals surface area contributed by atoms with Crippen molar-refractivity contribution < 1.29 is 9.47 Å². The number of pyridine rings is 1. The minimum atomic E-state index is 0.407. The lowest BCUT2D eigenvalue weighted by atomic mass is 10.1. The fourth-order valence-electron chi connectivity index (χ4n) is 2.22. The molecule has 1 aromatic heterocycles. The average molecular weight is 316 g/mol. The predicted molar refractivity (Wildman–Crippen MR) is 83.6 cm³/mol. The van der Waals surface area contributed by atoms with Gasteiger partial charge in [-0.2, -0.15) is 5.26 Å². The Morgan fingerprint density at radius 2 is 2.14 bits per heavy atom. The molecule has 1 aliphatic heterocycles. The molecule has 0 unspecified atom stereocenters. The average Bonchev–Trinajstić information content (AvgIpc) is 2.56. The van der Waals surface area contributed by atoms with Crippen LogP contribution in [-0.4, -0.2) is 24.7 Å². The van der Waals surface area contributed by atoms with Crippen LogP contribution in [-0.2, 0) is 6.42 Å². The van der Waals surface area contributed by atoms with Gasteiger partial charge in [0.2, 0.25) is 0 Å². The topological polar surface area (TPSA) is 67.2 Å². The van der Waals surface area contributed by atoms with Gasteiger partial charge >= 0.3 is 0 Å². The summed E-state index contributed by atoms with van der Waals surface area (Å²) in [5, 5.41) is 12.5. The lowest BCUT2D eigenvalue weighted by Crippen LogP contribution is -2.16. The van der Waals surface area contributed by atoms with E-state index in [0.717, 1.165) is 24.2 Å². The number of aromatic nitrogens is 1. The smallest absolute Gasteiger partial charge is 0.179 e. The van der Waals surface area contributed by atoms with Gasteiger partial charge < -0.3 is 14.8 Å². The van der Waals surface area contributed by atoms with E-state index in [0.29, 0.717) is 35.4 Å². The van der Waals surface area contributed by atoms with Gasteiger partial charge in [0.25, 0.3) is 0 Å². The molecule has 0 spiro atoms. The number of rotatable bonds is 4. The summed E-state index contributed by atoms with van der Waals surface area (Å²) in [6.45, 7) is 1.80. The summed E-state index contributed by atoms with van der Waals surface area (Å²) < 4.78 is 11.1. The van der Waals surface area contributed by atoms with Crippen molar-refractivity contribution in [1.82, 2.24) is 4.98 Å². The van der Waals surface area contributed by atoms with E-state index >= 15 is 0 Å². The van der Waals surface area contributed by atoms with E-state index in [1.807, 2.05) is 24.3 Å². The first-order valence-corrected chi connectivity index (χ1v) is 7.32. The molecule has 0 amide bonds. The van der Waals surface area contributed by atoms with E-state index in [1.165, 1.54) is 0 Å². The number of nitrogens with one attached hydrogen (secondary N) is 1. The standard InChI is InChI=1S/C16H14ClN3O2/c17-14-7-11(8-15-16(14)22-6-5-21-15)3-4-19-13-2-1-12(9-18)20-10-13/h1-2,7-8,10,19H,3-6H2. The number of nitrogens with zero attached hydrogens (tertiary/aromatic N) is 2. The summed E-state index contributed by atoms with van der Waals surface area (Å²) in [5.74, 6) is 1.33. The van der Waals surface area contributed by atoms with E-state index in [4.69, 9.17) is 26.3 Å². The zero-order chi connectivity index (χ0) is 15.4.